The summed E-state index contributed by atoms with van der Waals surface area (Å²) in [6.45, 7) is 2.46. The Morgan fingerprint density at radius 1 is 1.15 bits per heavy atom. The Labute approximate surface area is 155 Å². The van der Waals surface area contributed by atoms with Gasteiger partial charge < -0.3 is 10.1 Å². The highest BCUT2D eigenvalue weighted by Gasteiger charge is 2.42. The summed E-state index contributed by atoms with van der Waals surface area (Å²) in [6, 6.07) is 11.7. The van der Waals surface area contributed by atoms with Gasteiger partial charge in [0.1, 0.15) is 12.4 Å². The van der Waals surface area contributed by atoms with Gasteiger partial charge in [0.25, 0.3) is 5.91 Å². The summed E-state index contributed by atoms with van der Waals surface area (Å²) < 4.78 is 17.9. The molecule has 2 aromatic carbocycles. The topological polar surface area (TPSA) is 80.3 Å². The maximum absolute atomic E-state index is 13.0. The van der Waals surface area contributed by atoms with E-state index in [0.29, 0.717) is 17.8 Å². The molecule has 0 saturated carbocycles. The number of hydrogen-bond acceptors (Lipinski definition) is 4. The van der Waals surface area contributed by atoms with Crippen molar-refractivity contribution in [1.29, 1.82) is 0 Å². The molecule has 1 fully saturated rings. The number of rotatable bonds is 6. The van der Waals surface area contributed by atoms with Gasteiger partial charge in [-0.25, -0.2) is 14.1 Å². The molecule has 0 unspecified atom stereocenters. The summed E-state index contributed by atoms with van der Waals surface area (Å²) in [4.78, 5) is 37.8. The van der Waals surface area contributed by atoms with Crippen LogP contribution >= 0.6 is 0 Å². The van der Waals surface area contributed by atoms with Gasteiger partial charge in [0.15, 0.2) is 6.04 Å². The number of benzene rings is 2. The quantitative estimate of drug-likeness (QED) is 0.615. The second kappa shape index (κ2) is 8.09. The first-order chi connectivity index (χ1) is 13.0. The average molecular weight is 371 g/mol. The van der Waals surface area contributed by atoms with Crippen LogP contribution in [0.3, 0.4) is 0 Å². The van der Waals surface area contributed by atoms with Gasteiger partial charge in [-0.1, -0.05) is 12.1 Å². The van der Waals surface area contributed by atoms with E-state index in [9.17, 15) is 18.8 Å². The van der Waals surface area contributed by atoms with E-state index in [4.69, 9.17) is 4.74 Å². The molecule has 1 aliphatic heterocycles. The largest absolute Gasteiger partial charge is 0.462 e. The van der Waals surface area contributed by atoms with Gasteiger partial charge in [0, 0.05) is 5.56 Å². The number of amides is 2. The zero-order valence-corrected chi connectivity index (χ0v) is 14.9. The minimum atomic E-state index is -0.521. The number of nitrogens with zero attached hydrogens (tertiary/aromatic N) is 1. The monoisotopic (exact) mass is 371 g/mol. The normalized spacial score (nSPS) is 16.7. The Hall–Kier alpha value is -3.06. The summed E-state index contributed by atoms with van der Waals surface area (Å²) >= 11 is 0. The minimum Gasteiger partial charge on any atom is -0.462 e. The van der Waals surface area contributed by atoms with Crippen LogP contribution in [0.15, 0.2) is 48.5 Å². The van der Waals surface area contributed by atoms with Crippen LogP contribution in [0.4, 0.5) is 10.1 Å². The standard InChI is InChI=1S/C20H19FN2O4/c1-2-27-20(26)14-5-9-16(10-6-14)23-18(24)11-17(19(23)25)22-12-13-3-7-15(21)8-4-13/h3-10,17,22H,2,11-12H2,1H3/p+1/t17-/m0/s1. The zero-order chi connectivity index (χ0) is 19.4. The maximum atomic E-state index is 13.0. The molecule has 2 amide bonds. The van der Waals surface area contributed by atoms with E-state index < -0.39 is 12.0 Å². The Kier molecular flexibility index (Phi) is 5.61. The number of imide groups is 1. The van der Waals surface area contributed by atoms with Crippen LogP contribution in [-0.2, 0) is 20.9 Å². The van der Waals surface area contributed by atoms with Gasteiger partial charge in [0.05, 0.1) is 24.3 Å². The molecular weight excluding hydrogens is 351 g/mol. The second-order valence-electron chi connectivity index (χ2n) is 6.21. The molecule has 7 heteroatoms. The van der Waals surface area contributed by atoms with Gasteiger partial charge in [0.2, 0.25) is 5.91 Å². The molecule has 2 aromatic rings. The van der Waals surface area contributed by atoms with Crippen LogP contribution in [-0.4, -0.2) is 30.4 Å². The first kappa shape index (κ1) is 18.7. The Morgan fingerprint density at radius 3 is 2.44 bits per heavy atom. The van der Waals surface area contributed by atoms with E-state index in [1.807, 2.05) is 0 Å². The van der Waals surface area contributed by atoms with E-state index in [0.717, 1.165) is 10.5 Å². The van der Waals surface area contributed by atoms with Crippen molar-refractivity contribution in [2.45, 2.75) is 25.9 Å². The molecule has 0 aliphatic carbocycles. The van der Waals surface area contributed by atoms with E-state index in [1.54, 1.807) is 36.5 Å². The highest BCUT2D eigenvalue weighted by atomic mass is 19.1. The minimum absolute atomic E-state index is 0.0969. The molecular formula is C20H20FN2O4+. The zero-order valence-electron chi connectivity index (χ0n) is 14.9. The van der Waals surface area contributed by atoms with Crippen LogP contribution in [0.5, 0.6) is 0 Å². The van der Waals surface area contributed by atoms with Crippen molar-refractivity contribution < 1.29 is 28.8 Å². The lowest BCUT2D eigenvalue weighted by Gasteiger charge is -2.14. The fraction of sp³-hybridized carbons (Fsp3) is 0.250. The summed E-state index contributed by atoms with van der Waals surface area (Å²) in [5, 5.41) is 1.78. The smallest absolute Gasteiger partial charge is 0.338 e. The molecule has 0 aromatic heterocycles. The van der Waals surface area contributed by atoms with E-state index in [2.05, 4.69) is 0 Å². The van der Waals surface area contributed by atoms with E-state index in [1.165, 1.54) is 24.3 Å². The van der Waals surface area contributed by atoms with Crippen molar-refractivity contribution in [2.75, 3.05) is 11.5 Å². The first-order valence-electron chi connectivity index (χ1n) is 8.71. The number of ether oxygens (including phenoxy) is 1. The van der Waals surface area contributed by atoms with Crippen LogP contribution in [0.2, 0.25) is 0 Å². The Bertz CT molecular complexity index is 849. The predicted octanol–water partition coefficient (Wildman–Crippen LogP) is 1.40. The summed E-state index contributed by atoms with van der Waals surface area (Å²) in [7, 11) is 0. The lowest BCUT2D eigenvalue weighted by Crippen LogP contribution is -2.90. The third kappa shape index (κ3) is 4.20. The molecule has 0 spiro atoms. The van der Waals surface area contributed by atoms with Crippen molar-refractivity contribution in [2.24, 2.45) is 0 Å². The highest BCUT2D eigenvalue weighted by molar-refractivity contribution is 6.21. The maximum Gasteiger partial charge on any atom is 0.338 e. The number of esters is 1. The first-order valence-corrected chi connectivity index (χ1v) is 8.71. The van der Waals surface area contributed by atoms with Crippen LogP contribution in [0.25, 0.3) is 0 Å². The van der Waals surface area contributed by atoms with Crippen molar-refractivity contribution in [3.63, 3.8) is 0 Å². The molecule has 1 atom stereocenters. The molecule has 1 heterocycles. The van der Waals surface area contributed by atoms with Gasteiger partial charge in [-0.3, -0.25) is 9.59 Å². The van der Waals surface area contributed by atoms with Crippen LogP contribution in [0.1, 0.15) is 29.3 Å². The van der Waals surface area contributed by atoms with Crippen LogP contribution < -0.4 is 10.2 Å². The summed E-state index contributed by atoms with van der Waals surface area (Å²) in [6.07, 6.45) is 0.0969. The summed E-state index contributed by atoms with van der Waals surface area (Å²) in [5.41, 5.74) is 1.66. The Morgan fingerprint density at radius 2 is 1.81 bits per heavy atom. The second-order valence-corrected chi connectivity index (χ2v) is 6.21. The SMILES string of the molecule is CCOC(=O)c1ccc(N2C(=O)C[C@H]([NH2+]Cc3ccc(F)cc3)C2=O)cc1. The molecule has 0 radical (unpaired) electrons. The summed E-state index contributed by atoms with van der Waals surface area (Å²) in [5.74, 6) is -1.35. The molecule has 2 N–H and O–H groups in total. The third-order valence-electron chi connectivity index (χ3n) is 4.37. The van der Waals surface area contributed by atoms with E-state index in [-0.39, 0.29) is 30.7 Å². The number of halogens is 1. The van der Waals surface area contributed by atoms with Gasteiger partial charge in [-0.2, -0.15) is 0 Å². The highest BCUT2D eigenvalue weighted by Crippen LogP contribution is 2.22. The molecule has 1 aliphatic rings. The number of nitrogens with two attached hydrogens (primary N) is 1. The Balaban J connectivity index is 1.66. The molecule has 1 saturated heterocycles. The molecule has 0 bridgehead atoms. The van der Waals surface area contributed by atoms with Crippen molar-refractivity contribution in [1.82, 2.24) is 0 Å². The molecule has 27 heavy (non-hydrogen) atoms. The fourth-order valence-electron chi connectivity index (χ4n) is 2.97. The number of quaternary nitrogens is 1. The van der Waals surface area contributed by atoms with Gasteiger partial charge in [-0.15, -0.1) is 0 Å². The lowest BCUT2D eigenvalue weighted by atomic mass is 10.2. The molecule has 6 nitrogen and oxygen atoms in total. The average Bonchev–Trinajstić information content (AvgIpc) is 2.95. The number of hydrogen-bond donors (Lipinski definition) is 1. The predicted molar refractivity (Wildman–Crippen MR) is 95.3 cm³/mol. The van der Waals surface area contributed by atoms with Crippen LogP contribution in [0, 0.1) is 5.82 Å². The van der Waals surface area contributed by atoms with Gasteiger partial charge >= 0.3 is 5.97 Å². The lowest BCUT2D eigenvalue weighted by molar-refractivity contribution is -0.690. The van der Waals surface area contributed by atoms with Crippen molar-refractivity contribution >= 4 is 23.5 Å². The van der Waals surface area contributed by atoms with E-state index >= 15 is 0 Å². The molecule has 140 valence electrons. The number of anilines is 1. The van der Waals surface area contributed by atoms with Gasteiger partial charge in [-0.05, 0) is 43.3 Å². The number of carbonyl (C=O) groups is 3. The third-order valence-corrected chi connectivity index (χ3v) is 4.37. The molecule has 3 rings (SSSR count). The fourth-order valence-corrected chi connectivity index (χ4v) is 2.97. The number of carbonyl (C=O) groups excluding carboxylic acids is 3. The van der Waals surface area contributed by atoms with Crippen molar-refractivity contribution in [3.05, 3.63) is 65.5 Å². The van der Waals surface area contributed by atoms with Crippen molar-refractivity contribution in [3.8, 4) is 0 Å².